The maximum absolute atomic E-state index is 9.16. The summed E-state index contributed by atoms with van der Waals surface area (Å²) in [7, 11) is 0. The van der Waals surface area contributed by atoms with E-state index in [2.05, 4.69) is 15.5 Å². The number of benzene rings is 1. The van der Waals surface area contributed by atoms with E-state index >= 15 is 0 Å². The van der Waals surface area contributed by atoms with Crippen LogP contribution in [0.2, 0.25) is 5.02 Å². The average molecular weight is 320 g/mol. The number of halogens is 1. The first-order valence-electron chi connectivity index (χ1n) is 6.76. The van der Waals surface area contributed by atoms with Crippen LogP contribution in [-0.2, 0) is 0 Å². The Kier molecular flexibility index (Phi) is 4.41. The van der Waals surface area contributed by atoms with Crippen LogP contribution in [0.3, 0.4) is 0 Å². The van der Waals surface area contributed by atoms with E-state index < -0.39 is 0 Å². The molecule has 1 atom stereocenters. The van der Waals surface area contributed by atoms with Gasteiger partial charge in [-0.15, -0.1) is 0 Å². The number of aliphatic hydroxyl groups is 1. The molecule has 2 heterocycles. The lowest BCUT2D eigenvalue weighted by molar-refractivity contribution is 0.271. The molecule has 2 aromatic heterocycles. The molecule has 0 bridgehead atoms. The van der Waals surface area contributed by atoms with E-state index in [1.807, 2.05) is 18.2 Å². The molecule has 0 radical (unpaired) electrons. The highest BCUT2D eigenvalue weighted by molar-refractivity contribution is 6.30. The van der Waals surface area contributed by atoms with Crippen molar-refractivity contribution in [2.45, 2.75) is 12.5 Å². The number of nitrogens with one attached hydrogen (secondary N) is 1. The van der Waals surface area contributed by atoms with Gasteiger partial charge in [0.05, 0.1) is 12.3 Å². The predicted octanol–water partition coefficient (Wildman–Crippen LogP) is 3.52. The molecule has 22 heavy (non-hydrogen) atoms. The van der Waals surface area contributed by atoms with Crippen molar-refractivity contribution in [2.75, 3.05) is 11.9 Å². The van der Waals surface area contributed by atoms with Crippen molar-refractivity contribution in [3.05, 3.63) is 53.4 Å². The van der Waals surface area contributed by atoms with E-state index in [1.165, 1.54) is 0 Å². The fourth-order valence-electron chi connectivity index (χ4n) is 2.08. The Bertz CT molecular complexity index is 727. The van der Waals surface area contributed by atoms with Gasteiger partial charge in [0, 0.05) is 17.2 Å². The lowest BCUT2D eigenvalue weighted by atomic mass is 10.1. The minimum absolute atomic E-state index is 0.00759. The molecule has 7 heteroatoms. The molecule has 1 aromatic carbocycles. The maximum Gasteiger partial charge on any atom is 0.322 e. The van der Waals surface area contributed by atoms with Crippen LogP contribution in [0, 0.1) is 0 Å². The van der Waals surface area contributed by atoms with Crippen molar-refractivity contribution >= 4 is 17.6 Å². The zero-order chi connectivity index (χ0) is 15.4. The maximum atomic E-state index is 9.16. The number of anilines is 1. The highest BCUT2D eigenvalue weighted by Crippen LogP contribution is 2.25. The number of hydrogen-bond acceptors (Lipinski definition) is 6. The molecule has 6 nitrogen and oxygen atoms in total. The Labute approximate surface area is 131 Å². The first kappa shape index (κ1) is 14.6. The molecule has 0 aliphatic rings. The molecule has 0 saturated heterocycles. The molecule has 0 aliphatic heterocycles. The largest absolute Gasteiger partial charge is 0.467 e. The van der Waals surface area contributed by atoms with Crippen LogP contribution in [0.4, 0.5) is 6.01 Å². The van der Waals surface area contributed by atoms with E-state index in [4.69, 9.17) is 25.6 Å². The van der Waals surface area contributed by atoms with Crippen molar-refractivity contribution in [1.29, 1.82) is 0 Å². The van der Waals surface area contributed by atoms with E-state index in [9.17, 15) is 0 Å². The first-order chi connectivity index (χ1) is 10.8. The van der Waals surface area contributed by atoms with Crippen LogP contribution in [-0.4, -0.2) is 21.9 Å². The van der Waals surface area contributed by atoms with Gasteiger partial charge in [0.15, 0.2) is 0 Å². The van der Waals surface area contributed by atoms with Gasteiger partial charge in [0.1, 0.15) is 5.76 Å². The molecule has 1 unspecified atom stereocenters. The van der Waals surface area contributed by atoms with Crippen LogP contribution in [0.25, 0.3) is 11.4 Å². The molecule has 0 spiro atoms. The van der Waals surface area contributed by atoms with Gasteiger partial charge in [-0.3, -0.25) is 0 Å². The SMILES string of the molecule is OCCC(Nc1nc(-c2cccc(Cl)c2)no1)c1ccco1. The average Bonchev–Trinajstić information content (AvgIpc) is 3.18. The second kappa shape index (κ2) is 6.64. The first-order valence-corrected chi connectivity index (χ1v) is 7.14. The fraction of sp³-hybridized carbons (Fsp3) is 0.200. The minimum atomic E-state index is -0.243. The van der Waals surface area contributed by atoms with Crippen LogP contribution in [0.15, 0.2) is 51.6 Å². The van der Waals surface area contributed by atoms with Crippen molar-refractivity contribution in [3.63, 3.8) is 0 Å². The molecule has 114 valence electrons. The van der Waals surface area contributed by atoms with Crippen molar-refractivity contribution in [1.82, 2.24) is 10.1 Å². The monoisotopic (exact) mass is 319 g/mol. The smallest absolute Gasteiger partial charge is 0.322 e. The van der Waals surface area contributed by atoms with Gasteiger partial charge in [-0.05, 0) is 30.7 Å². The van der Waals surface area contributed by atoms with E-state index in [0.717, 1.165) is 5.56 Å². The van der Waals surface area contributed by atoms with Crippen molar-refractivity contribution in [3.8, 4) is 11.4 Å². The molecule has 3 aromatic rings. The van der Waals surface area contributed by atoms with Crippen LogP contribution in [0.1, 0.15) is 18.2 Å². The summed E-state index contributed by atoms with van der Waals surface area (Å²) in [5, 5.41) is 16.7. The zero-order valence-corrected chi connectivity index (χ0v) is 12.3. The number of rotatable bonds is 6. The van der Waals surface area contributed by atoms with Crippen LogP contribution >= 0.6 is 11.6 Å². The Balaban J connectivity index is 1.78. The van der Waals surface area contributed by atoms with Crippen LogP contribution in [0.5, 0.6) is 0 Å². The third-order valence-electron chi connectivity index (χ3n) is 3.11. The van der Waals surface area contributed by atoms with E-state index in [-0.39, 0.29) is 18.7 Å². The molecular formula is C15H14ClN3O3. The van der Waals surface area contributed by atoms with Gasteiger partial charge in [-0.25, -0.2) is 0 Å². The lowest BCUT2D eigenvalue weighted by Gasteiger charge is -2.12. The number of nitrogens with zero attached hydrogens (tertiary/aromatic N) is 2. The van der Waals surface area contributed by atoms with Gasteiger partial charge < -0.3 is 19.4 Å². The Hall–Kier alpha value is -2.31. The normalized spacial score (nSPS) is 12.3. The third kappa shape index (κ3) is 3.29. The van der Waals surface area contributed by atoms with E-state index in [0.29, 0.717) is 23.0 Å². The second-order valence-electron chi connectivity index (χ2n) is 4.66. The number of furan rings is 1. The molecule has 0 aliphatic carbocycles. The van der Waals surface area contributed by atoms with Gasteiger partial charge in [0.25, 0.3) is 0 Å². The Morgan fingerprint density at radius 2 is 2.18 bits per heavy atom. The molecule has 0 amide bonds. The highest BCUT2D eigenvalue weighted by Gasteiger charge is 2.17. The van der Waals surface area contributed by atoms with Gasteiger partial charge in [-0.1, -0.05) is 28.9 Å². The molecule has 3 rings (SSSR count). The standard InChI is InChI=1S/C15H14ClN3O3/c16-11-4-1-3-10(9-11)14-18-15(22-19-14)17-12(6-7-20)13-5-2-8-21-13/h1-5,8-9,12,20H,6-7H2,(H,17,18,19). The number of aromatic nitrogens is 2. The summed E-state index contributed by atoms with van der Waals surface area (Å²) in [5.74, 6) is 1.13. The van der Waals surface area contributed by atoms with Gasteiger partial charge in [0.2, 0.25) is 5.82 Å². The second-order valence-corrected chi connectivity index (χ2v) is 5.09. The van der Waals surface area contributed by atoms with E-state index in [1.54, 1.807) is 24.5 Å². The quantitative estimate of drug-likeness (QED) is 0.723. The Morgan fingerprint density at radius 1 is 1.27 bits per heavy atom. The molecule has 0 fully saturated rings. The minimum Gasteiger partial charge on any atom is -0.467 e. The number of aliphatic hydroxyl groups excluding tert-OH is 1. The molecule has 0 saturated carbocycles. The van der Waals surface area contributed by atoms with Crippen molar-refractivity contribution < 1.29 is 14.0 Å². The van der Waals surface area contributed by atoms with Crippen LogP contribution < -0.4 is 5.32 Å². The van der Waals surface area contributed by atoms with Crippen molar-refractivity contribution in [2.24, 2.45) is 0 Å². The summed E-state index contributed by atoms with van der Waals surface area (Å²) < 4.78 is 10.5. The summed E-state index contributed by atoms with van der Waals surface area (Å²) in [6.45, 7) is 0.00759. The topological polar surface area (TPSA) is 84.3 Å². The summed E-state index contributed by atoms with van der Waals surface area (Å²) in [6, 6.07) is 10.8. The summed E-state index contributed by atoms with van der Waals surface area (Å²) in [6.07, 6.45) is 2.04. The predicted molar refractivity (Wildman–Crippen MR) is 81.5 cm³/mol. The third-order valence-corrected chi connectivity index (χ3v) is 3.35. The summed E-state index contributed by atoms with van der Waals surface area (Å²) >= 11 is 5.95. The van der Waals surface area contributed by atoms with Gasteiger partial charge >= 0.3 is 6.01 Å². The molecular weight excluding hydrogens is 306 g/mol. The highest BCUT2D eigenvalue weighted by atomic mass is 35.5. The van der Waals surface area contributed by atoms with Gasteiger partial charge in [-0.2, -0.15) is 4.98 Å². The zero-order valence-electron chi connectivity index (χ0n) is 11.6. The Morgan fingerprint density at radius 3 is 2.91 bits per heavy atom. The number of hydrogen-bond donors (Lipinski definition) is 2. The summed E-state index contributed by atoms with van der Waals surface area (Å²) in [5.41, 5.74) is 0.765. The summed E-state index contributed by atoms with van der Waals surface area (Å²) in [4.78, 5) is 4.28. The molecule has 2 N–H and O–H groups in total. The fourth-order valence-corrected chi connectivity index (χ4v) is 2.27. The lowest BCUT2D eigenvalue weighted by Crippen LogP contribution is -2.11.